The normalized spacial score (nSPS) is 21.6. The van der Waals surface area contributed by atoms with Crippen molar-refractivity contribution in [2.45, 2.75) is 38.5 Å². The van der Waals surface area contributed by atoms with Gasteiger partial charge in [0.1, 0.15) is 6.17 Å². The number of alkyl halides is 1. The van der Waals surface area contributed by atoms with Crippen molar-refractivity contribution in [1.82, 2.24) is 19.6 Å². The fourth-order valence-corrected chi connectivity index (χ4v) is 2.94. The van der Waals surface area contributed by atoms with Crippen LogP contribution in [0.3, 0.4) is 0 Å². The standard InChI is InChI=1S/C14H21FN4O/c1-17-5-2-6-19-12(10-17)9-13(16-19)14(20)18-7-3-11(15)4-8-18/h9,11H,2-8,10H2,1H3. The van der Waals surface area contributed by atoms with Gasteiger partial charge in [-0.3, -0.25) is 9.48 Å². The summed E-state index contributed by atoms with van der Waals surface area (Å²) >= 11 is 0. The van der Waals surface area contributed by atoms with E-state index >= 15 is 0 Å². The van der Waals surface area contributed by atoms with Gasteiger partial charge in [-0.25, -0.2) is 4.39 Å². The summed E-state index contributed by atoms with van der Waals surface area (Å²) in [6.07, 6.45) is 1.18. The van der Waals surface area contributed by atoms with E-state index in [4.69, 9.17) is 0 Å². The number of carbonyl (C=O) groups is 1. The lowest BCUT2D eigenvalue weighted by molar-refractivity contribution is 0.0660. The van der Waals surface area contributed by atoms with Crippen LogP contribution in [0.2, 0.25) is 0 Å². The molecule has 1 amide bonds. The average Bonchev–Trinajstić information content (AvgIpc) is 2.74. The van der Waals surface area contributed by atoms with Crippen LogP contribution >= 0.6 is 0 Å². The minimum absolute atomic E-state index is 0.0554. The van der Waals surface area contributed by atoms with Crippen molar-refractivity contribution in [3.63, 3.8) is 0 Å². The van der Waals surface area contributed by atoms with E-state index in [0.717, 1.165) is 31.7 Å². The zero-order chi connectivity index (χ0) is 14.1. The van der Waals surface area contributed by atoms with E-state index in [9.17, 15) is 9.18 Å². The first-order valence-electron chi connectivity index (χ1n) is 7.32. The molecule has 2 aliphatic rings. The molecule has 3 heterocycles. The van der Waals surface area contributed by atoms with Crippen LogP contribution < -0.4 is 0 Å². The maximum absolute atomic E-state index is 13.1. The van der Waals surface area contributed by atoms with Gasteiger partial charge in [-0.05, 0) is 32.4 Å². The smallest absolute Gasteiger partial charge is 0.274 e. The molecular formula is C14H21FN4O. The number of fused-ring (bicyclic) bond motifs is 1. The van der Waals surface area contributed by atoms with Gasteiger partial charge in [-0.2, -0.15) is 5.10 Å². The SMILES string of the molecule is CN1CCCn2nc(C(=O)N3CCC(F)CC3)cc2C1. The van der Waals surface area contributed by atoms with E-state index in [2.05, 4.69) is 17.0 Å². The molecule has 6 heteroatoms. The Hall–Kier alpha value is -1.43. The molecule has 0 atom stereocenters. The van der Waals surface area contributed by atoms with Crippen LogP contribution in [-0.2, 0) is 13.1 Å². The zero-order valence-electron chi connectivity index (χ0n) is 11.9. The summed E-state index contributed by atoms with van der Waals surface area (Å²) in [7, 11) is 2.08. The molecule has 3 rings (SSSR count). The van der Waals surface area contributed by atoms with E-state index in [-0.39, 0.29) is 5.91 Å². The van der Waals surface area contributed by atoms with Crippen LogP contribution in [0.4, 0.5) is 4.39 Å². The van der Waals surface area contributed by atoms with Crippen molar-refractivity contribution in [1.29, 1.82) is 0 Å². The van der Waals surface area contributed by atoms with Crippen LogP contribution in [0.5, 0.6) is 0 Å². The molecule has 0 aromatic carbocycles. The Kier molecular flexibility index (Phi) is 3.74. The summed E-state index contributed by atoms with van der Waals surface area (Å²) in [5, 5.41) is 4.44. The number of hydrogen-bond donors (Lipinski definition) is 0. The van der Waals surface area contributed by atoms with Crippen molar-refractivity contribution >= 4 is 5.91 Å². The lowest BCUT2D eigenvalue weighted by atomic mass is 10.1. The molecule has 20 heavy (non-hydrogen) atoms. The van der Waals surface area contributed by atoms with Gasteiger partial charge in [-0.15, -0.1) is 0 Å². The topological polar surface area (TPSA) is 41.4 Å². The number of carbonyl (C=O) groups excluding carboxylic acids is 1. The second-order valence-corrected chi connectivity index (χ2v) is 5.80. The molecule has 0 N–H and O–H groups in total. The number of piperidine rings is 1. The summed E-state index contributed by atoms with van der Waals surface area (Å²) in [6.45, 7) is 3.74. The number of aromatic nitrogens is 2. The first-order valence-corrected chi connectivity index (χ1v) is 7.32. The predicted molar refractivity (Wildman–Crippen MR) is 73.2 cm³/mol. The maximum Gasteiger partial charge on any atom is 0.274 e. The molecule has 0 spiro atoms. The van der Waals surface area contributed by atoms with Gasteiger partial charge >= 0.3 is 0 Å². The molecule has 1 saturated heterocycles. The van der Waals surface area contributed by atoms with Crippen molar-refractivity contribution in [2.24, 2.45) is 0 Å². The molecule has 5 nitrogen and oxygen atoms in total. The van der Waals surface area contributed by atoms with Crippen molar-refractivity contribution in [3.05, 3.63) is 17.5 Å². The second-order valence-electron chi connectivity index (χ2n) is 5.80. The Labute approximate surface area is 118 Å². The lowest BCUT2D eigenvalue weighted by Gasteiger charge is -2.27. The van der Waals surface area contributed by atoms with Gasteiger partial charge in [0, 0.05) is 32.7 Å². The highest BCUT2D eigenvalue weighted by molar-refractivity contribution is 5.92. The summed E-state index contributed by atoms with van der Waals surface area (Å²) in [5.74, 6) is -0.0554. The second kappa shape index (κ2) is 5.52. The van der Waals surface area contributed by atoms with Crippen LogP contribution in [0.15, 0.2) is 6.07 Å². The largest absolute Gasteiger partial charge is 0.337 e. The number of aryl methyl sites for hydroxylation is 1. The molecule has 0 unspecified atom stereocenters. The Morgan fingerprint density at radius 1 is 1.30 bits per heavy atom. The van der Waals surface area contributed by atoms with Gasteiger partial charge < -0.3 is 9.80 Å². The molecule has 0 saturated carbocycles. The van der Waals surface area contributed by atoms with Crippen molar-refractivity contribution in [3.8, 4) is 0 Å². The summed E-state index contributed by atoms with van der Waals surface area (Å²) < 4.78 is 15.1. The number of halogens is 1. The zero-order valence-corrected chi connectivity index (χ0v) is 11.9. The molecule has 0 aliphatic carbocycles. The Bertz CT molecular complexity index is 493. The molecular weight excluding hydrogens is 259 g/mol. The van der Waals surface area contributed by atoms with Crippen LogP contribution in [0.1, 0.15) is 35.4 Å². The molecule has 1 fully saturated rings. The highest BCUT2D eigenvalue weighted by Crippen LogP contribution is 2.18. The summed E-state index contributed by atoms with van der Waals surface area (Å²) in [6, 6.07) is 1.89. The van der Waals surface area contributed by atoms with Crippen LogP contribution in [-0.4, -0.2) is 58.3 Å². The Morgan fingerprint density at radius 2 is 2.05 bits per heavy atom. The third kappa shape index (κ3) is 2.70. The van der Waals surface area contributed by atoms with Gasteiger partial charge in [0.25, 0.3) is 5.91 Å². The van der Waals surface area contributed by atoms with E-state index in [1.165, 1.54) is 0 Å². The predicted octanol–water partition coefficient (Wildman–Crippen LogP) is 1.29. The third-order valence-electron chi connectivity index (χ3n) is 4.14. The van der Waals surface area contributed by atoms with Crippen LogP contribution in [0, 0.1) is 0 Å². The van der Waals surface area contributed by atoms with Crippen molar-refractivity contribution in [2.75, 3.05) is 26.7 Å². The Morgan fingerprint density at radius 3 is 2.80 bits per heavy atom. The minimum atomic E-state index is -0.758. The Balaban J connectivity index is 1.74. The number of hydrogen-bond acceptors (Lipinski definition) is 3. The molecule has 110 valence electrons. The fraction of sp³-hybridized carbons (Fsp3) is 0.714. The van der Waals surface area contributed by atoms with Gasteiger partial charge in [0.05, 0.1) is 5.69 Å². The highest BCUT2D eigenvalue weighted by atomic mass is 19.1. The summed E-state index contributed by atoms with van der Waals surface area (Å²) in [4.78, 5) is 16.4. The summed E-state index contributed by atoms with van der Waals surface area (Å²) in [5.41, 5.74) is 1.60. The molecule has 2 aliphatic heterocycles. The molecule has 0 bridgehead atoms. The first kappa shape index (κ1) is 13.5. The van der Waals surface area contributed by atoms with E-state index in [0.29, 0.717) is 31.6 Å². The van der Waals surface area contributed by atoms with Gasteiger partial charge in [0.15, 0.2) is 5.69 Å². The maximum atomic E-state index is 13.1. The molecule has 1 aromatic heterocycles. The van der Waals surface area contributed by atoms with E-state index in [1.807, 2.05) is 10.7 Å². The van der Waals surface area contributed by atoms with Crippen LogP contribution in [0.25, 0.3) is 0 Å². The highest BCUT2D eigenvalue weighted by Gasteiger charge is 2.26. The minimum Gasteiger partial charge on any atom is -0.337 e. The first-order chi connectivity index (χ1) is 9.63. The van der Waals surface area contributed by atoms with Gasteiger partial charge in [-0.1, -0.05) is 0 Å². The quantitative estimate of drug-likeness (QED) is 0.778. The fourth-order valence-electron chi connectivity index (χ4n) is 2.94. The van der Waals surface area contributed by atoms with Crippen molar-refractivity contribution < 1.29 is 9.18 Å². The number of rotatable bonds is 1. The monoisotopic (exact) mass is 280 g/mol. The number of amides is 1. The third-order valence-corrected chi connectivity index (χ3v) is 4.14. The molecule has 0 radical (unpaired) electrons. The molecule has 1 aromatic rings. The number of nitrogens with zero attached hydrogens (tertiary/aromatic N) is 4. The average molecular weight is 280 g/mol. The van der Waals surface area contributed by atoms with Gasteiger partial charge in [0.2, 0.25) is 0 Å². The number of likely N-dealkylation sites (tertiary alicyclic amines) is 1. The van der Waals surface area contributed by atoms with E-state index in [1.54, 1.807) is 4.90 Å². The van der Waals surface area contributed by atoms with E-state index < -0.39 is 6.17 Å². The lowest BCUT2D eigenvalue weighted by Crippen LogP contribution is -2.39.